The predicted octanol–water partition coefficient (Wildman–Crippen LogP) is 0.941. The SMILES string of the molecule is CCOC(=O)C1C(=O)C=CC1C. The lowest BCUT2D eigenvalue weighted by molar-refractivity contribution is -0.151. The second-order valence-electron chi connectivity index (χ2n) is 2.85. The van der Waals surface area contributed by atoms with Gasteiger partial charge in [0, 0.05) is 0 Å². The standard InChI is InChI=1S/C9H12O3/c1-3-12-9(11)8-6(2)4-5-7(8)10/h4-6,8H,3H2,1-2H3. The summed E-state index contributed by atoms with van der Waals surface area (Å²) in [6, 6.07) is 0. The van der Waals surface area contributed by atoms with E-state index in [1.165, 1.54) is 6.08 Å². The fourth-order valence-electron chi connectivity index (χ4n) is 1.28. The van der Waals surface area contributed by atoms with Gasteiger partial charge < -0.3 is 4.74 Å². The number of hydrogen-bond acceptors (Lipinski definition) is 3. The Labute approximate surface area is 71.4 Å². The maximum Gasteiger partial charge on any atom is 0.317 e. The molecule has 0 aromatic carbocycles. The second-order valence-corrected chi connectivity index (χ2v) is 2.85. The average molecular weight is 168 g/mol. The van der Waals surface area contributed by atoms with E-state index < -0.39 is 11.9 Å². The highest BCUT2D eigenvalue weighted by Gasteiger charge is 2.34. The Hall–Kier alpha value is -1.12. The molecular weight excluding hydrogens is 156 g/mol. The summed E-state index contributed by atoms with van der Waals surface area (Å²) >= 11 is 0. The van der Waals surface area contributed by atoms with Crippen LogP contribution in [-0.2, 0) is 14.3 Å². The van der Waals surface area contributed by atoms with Gasteiger partial charge in [-0.25, -0.2) is 0 Å². The minimum atomic E-state index is -0.593. The Morgan fingerprint density at radius 2 is 2.33 bits per heavy atom. The van der Waals surface area contributed by atoms with Gasteiger partial charge in [-0.1, -0.05) is 13.0 Å². The molecule has 0 heterocycles. The molecule has 2 unspecified atom stereocenters. The number of carbonyl (C=O) groups is 2. The van der Waals surface area contributed by atoms with E-state index in [-0.39, 0.29) is 11.7 Å². The van der Waals surface area contributed by atoms with Gasteiger partial charge >= 0.3 is 5.97 Å². The molecule has 0 N–H and O–H groups in total. The molecule has 0 aromatic rings. The molecule has 0 aromatic heterocycles. The molecule has 66 valence electrons. The van der Waals surface area contributed by atoms with Crippen molar-refractivity contribution in [3.63, 3.8) is 0 Å². The van der Waals surface area contributed by atoms with Gasteiger partial charge in [0.25, 0.3) is 0 Å². The van der Waals surface area contributed by atoms with Crippen molar-refractivity contribution < 1.29 is 14.3 Å². The van der Waals surface area contributed by atoms with Crippen molar-refractivity contribution in [3.05, 3.63) is 12.2 Å². The minimum Gasteiger partial charge on any atom is -0.465 e. The first-order chi connectivity index (χ1) is 5.66. The van der Waals surface area contributed by atoms with E-state index in [4.69, 9.17) is 4.74 Å². The van der Waals surface area contributed by atoms with E-state index in [0.717, 1.165) is 0 Å². The number of hydrogen-bond donors (Lipinski definition) is 0. The van der Waals surface area contributed by atoms with Crippen LogP contribution in [0.3, 0.4) is 0 Å². The molecule has 0 radical (unpaired) electrons. The van der Waals surface area contributed by atoms with E-state index in [9.17, 15) is 9.59 Å². The molecule has 1 rings (SSSR count). The van der Waals surface area contributed by atoms with Crippen LogP contribution >= 0.6 is 0 Å². The molecule has 3 nitrogen and oxygen atoms in total. The first kappa shape index (κ1) is 8.97. The lowest BCUT2D eigenvalue weighted by atomic mass is 9.97. The van der Waals surface area contributed by atoms with Crippen LogP contribution in [0, 0.1) is 11.8 Å². The van der Waals surface area contributed by atoms with Crippen LogP contribution in [0.1, 0.15) is 13.8 Å². The van der Waals surface area contributed by atoms with Gasteiger partial charge in [0.05, 0.1) is 6.61 Å². The Morgan fingerprint density at radius 3 is 2.75 bits per heavy atom. The van der Waals surface area contributed by atoms with Crippen LogP contribution in [0.25, 0.3) is 0 Å². The zero-order valence-electron chi connectivity index (χ0n) is 7.24. The number of carbonyl (C=O) groups excluding carboxylic acids is 2. The van der Waals surface area contributed by atoms with Gasteiger partial charge in [0.1, 0.15) is 5.92 Å². The van der Waals surface area contributed by atoms with E-state index in [2.05, 4.69) is 0 Å². The molecule has 0 aliphatic heterocycles. The van der Waals surface area contributed by atoms with Gasteiger partial charge in [-0.05, 0) is 18.9 Å². The Morgan fingerprint density at radius 1 is 1.67 bits per heavy atom. The van der Waals surface area contributed by atoms with Gasteiger partial charge in [0.15, 0.2) is 5.78 Å². The minimum absolute atomic E-state index is 0.0171. The lowest BCUT2D eigenvalue weighted by Gasteiger charge is -2.11. The van der Waals surface area contributed by atoms with Crippen LogP contribution in [0.5, 0.6) is 0 Å². The number of esters is 1. The largest absolute Gasteiger partial charge is 0.465 e. The molecule has 0 saturated carbocycles. The highest BCUT2D eigenvalue weighted by molar-refractivity contribution is 6.07. The van der Waals surface area contributed by atoms with Crippen LogP contribution in [0.15, 0.2) is 12.2 Å². The molecule has 0 spiro atoms. The maximum absolute atomic E-state index is 11.2. The van der Waals surface area contributed by atoms with Crippen LogP contribution in [-0.4, -0.2) is 18.4 Å². The summed E-state index contributed by atoms with van der Waals surface area (Å²) in [6.45, 7) is 3.90. The molecule has 0 bridgehead atoms. The Kier molecular flexibility index (Phi) is 2.63. The Bertz CT molecular complexity index is 230. The highest BCUT2D eigenvalue weighted by Crippen LogP contribution is 2.22. The molecular formula is C9H12O3. The summed E-state index contributed by atoms with van der Waals surface area (Å²) in [7, 11) is 0. The van der Waals surface area contributed by atoms with E-state index in [1.807, 2.05) is 6.92 Å². The Balaban J connectivity index is 2.63. The van der Waals surface area contributed by atoms with Gasteiger partial charge in [-0.15, -0.1) is 0 Å². The quantitative estimate of drug-likeness (QED) is 0.455. The van der Waals surface area contributed by atoms with Crippen molar-refractivity contribution in [3.8, 4) is 0 Å². The fourth-order valence-corrected chi connectivity index (χ4v) is 1.28. The number of ether oxygens (including phenoxy) is 1. The number of rotatable bonds is 2. The van der Waals surface area contributed by atoms with Gasteiger partial charge in [0.2, 0.25) is 0 Å². The smallest absolute Gasteiger partial charge is 0.317 e. The maximum atomic E-state index is 11.2. The van der Waals surface area contributed by atoms with Crippen molar-refractivity contribution in [2.75, 3.05) is 6.61 Å². The third-order valence-corrected chi connectivity index (χ3v) is 1.94. The van der Waals surface area contributed by atoms with Crippen molar-refractivity contribution in [2.24, 2.45) is 11.8 Å². The molecule has 3 heteroatoms. The highest BCUT2D eigenvalue weighted by atomic mass is 16.5. The summed E-state index contributed by atoms with van der Waals surface area (Å²) in [6.07, 6.45) is 3.19. The third kappa shape index (κ3) is 1.55. The average Bonchev–Trinajstić information content (AvgIpc) is 2.32. The molecule has 12 heavy (non-hydrogen) atoms. The van der Waals surface area contributed by atoms with Crippen LogP contribution in [0.2, 0.25) is 0 Å². The monoisotopic (exact) mass is 168 g/mol. The zero-order chi connectivity index (χ0) is 9.14. The first-order valence-electron chi connectivity index (χ1n) is 4.05. The number of allylic oxidation sites excluding steroid dienone is 2. The molecule has 0 amide bonds. The van der Waals surface area contributed by atoms with Crippen molar-refractivity contribution in [2.45, 2.75) is 13.8 Å². The van der Waals surface area contributed by atoms with E-state index in [1.54, 1.807) is 13.0 Å². The summed E-state index contributed by atoms with van der Waals surface area (Å²) < 4.78 is 4.77. The normalized spacial score (nSPS) is 27.7. The third-order valence-electron chi connectivity index (χ3n) is 1.94. The molecule has 0 saturated heterocycles. The predicted molar refractivity (Wildman–Crippen MR) is 43.4 cm³/mol. The summed E-state index contributed by atoms with van der Waals surface area (Å²) in [5.74, 6) is -1.15. The van der Waals surface area contributed by atoms with Gasteiger partial charge in [-0.3, -0.25) is 9.59 Å². The number of ketones is 1. The fraction of sp³-hybridized carbons (Fsp3) is 0.556. The molecule has 1 aliphatic rings. The van der Waals surface area contributed by atoms with Crippen molar-refractivity contribution >= 4 is 11.8 Å². The van der Waals surface area contributed by atoms with Crippen molar-refractivity contribution in [1.29, 1.82) is 0 Å². The van der Waals surface area contributed by atoms with Gasteiger partial charge in [-0.2, -0.15) is 0 Å². The topological polar surface area (TPSA) is 43.4 Å². The lowest BCUT2D eigenvalue weighted by Crippen LogP contribution is -2.26. The molecule has 2 atom stereocenters. The second kappa shape index (κ2) is 3.52. The molecule has 1 aliphatic carbocycles. The summed E-state index contributed by atoms with van der Waals surface area (Å²) in [4.78, 5) is 22.3. The van der Waals surface area contributed by atoms with E-state index in [0.29, 0.717) is 6.61 Å². The molecule has 0 fully saturated rings. The summed E-state index contributed by atoms with van der Waals surface area (Å²) in [5.41, 5.74) is 0. The summed E-state index contributed by atoms with van der Waals surface area (Å²) in [5, 5.41) is 0. The van der Waals surface area contributed by atoms with E-state index >= 15 is 0 Å². The zero-order valence-corrected chi connectivity index (χ0v) is 7.24. The van der Waals surface area contributed by atoms with Crippen LogP contribution in [0.4, 0.5) is 0 Å². The van der Waals surface area contributed by atoms with Crippen LogP contribution < -0.4 is 0 Å². The van der Waals surface area contributed by atoms with Crippen molar-refractivity contribution in [1.82, 2.24) is 0 Å². The first-order valence-corrected chi connectivity index (χ1v) is 4.05.